The van der Waals surface area contributed by atoms with Gasteiger partial charge in [-0.15, -0.1) is 0 Å². The van der Waals surface area contributed by atoms with Crippen molar-refractivity contribution >= 4 is 5.91 Å². The molecule has 0 saturated heterocycles. The standard InChI is InChI=1S/C17H25NO2/c1-13(17(2,3)4)10-16(20)18-12-15(19)11-14-8-6-5-7-9-14/h5-10,15,19H,11-12H2,1-4H3,(H,18,20)/b13-10-. The first-order chi connectivity index (χ1) is 9.29. The van der Waals surface area contributed by atoms with E-state index in [1.165, 1.54) is 0 Å². The highest BCUT2D eigenvalue weighted by Crippen LogP contribution is 2.23. The Morgan fingerprint density at radius 1 is 1.30 bits per heavy atom. The second-order valence-electron chi connectivity index (χ2n) is 6.17. The zero-order valence-corrected chi connectivity index (χ0v) is 12.8. The molecule has 20 heavy (non-hydrogen) atoms. The van der Waals surface area contributed by atoms with Crippen LogP contribution >= 0.6 is 0 Å². The molecule has 1 amide bonds. The average molecular weight is 275 g/mol. The SMILES string of the molecule is C/C(=C/C(=O)NCC(O)Cc1ccccc1)C(C)(C)C. The zero-order valence-electron chi connectivity index (χ0n) is 12.8. The van der Waals surface area contributed by atoms with E-state index in [1.54, 1.807) is 6.08 Å². The van der Waals surface area contributed by atoms with Gasteiger partial charge in [0.2, 0.25) is 5.91 Å². The predicted octanol–water partition coefficient (Wildman–Crippen LogP) is 2.70. The van der Waals surface area contributed by atoms with Gasteiger partial charge in [0.05, 0.1) is 6.10 Å². The van der Waals surface area contributed by atoms with Gasteiger partial charge in [-0.25, -0.2) is 0 Å². The second kappa shape index (κ2) is 7.25. The smallest absolute Gasteiger partial charge is 0.244 e. The van der Waals surface area contributed by atoms with Gasteiger partial charge < -0.3 is 10.4 Å². The van der Waals surface area contributed by atoms with E-state index in [1.807, 2.05) is 37.3 Å². The first-order valence-electron chi connectivity index (χ1n) is 6.97. The molecule has 0 spiro atoms. The number of aliphatic hydroxyl groups is 1. The van der Waals surface area contributed by atoms with E-state index in [4.69, 9.17) is 0 Å². The molecule has 0 bridgehead atoms. The molecule has 1 aromatic carbocycles. The lowest BCUT2D eigenvalue weighted by atomic mass is 9.87. The Bertz CT molecular complexity index is 458. The van der Waals surface area contributed by atoms with Crippen molar-refractivity contribution in [2.75, 3.05) is 6.54 Å². The molecule has 3 heteroatoms. The number of hydrogen-bond acceptors (Lipinski definition) is 2. The summed E-state index contributed by atoms with van der Waals surface area (Å²) >= 11 is 0. The molecule has 1 rings (SSSR count). The molecule has 2 N–H and O–H groups in total. The molecule has 0 aliphatic carbocycles. The first kappa shape index (κ1) is 16.4. The zero-order chi connectivity index (χ0) is 15.2. The summed E-state index contributed by atoms with van der Waals surface area (Å²) in [4.78, 5) is 11.8. The third-order valence-corrected chi connectivity index (χ3v) is 3.36. The number of allylic oxidation sites excluding steroid dienone is 1. The monoisotopic (exact) mass is 275 g/mol. The molecule has 0 heterocycles. The van der Waals surface area contributed by atoms with Crippen molar-refractivity contribution < 1.29 is 9.90 Å². The Labute approximate surface area is 121 Å². The summed E-state index contributed by atoms with van der Waals surface area (Å²) in [6.07, 6.45) is 1.59. The molecular weight excluding hydrogens is 250 g/mol. The fourth-order valence-electron chi connectivity index (χ4n) is 1.64. The maximum absolute atomic E-state index is 11.8. The fourth-order valence-corrected chi connectivity index (χ4v) is 1.64. The maximum Gasteiger partial charge on any atom is 0.244 e. The molecule has 0 saturated carbocycles. The molecule has 1 aromatic rings. The van der Waals surface area contributed by atoms with E-state index in [0.29, 0.717) is 6.42 Å². The topological polar surface area (TPSA) is 49.3 Å². The van der Waals surface area contributed by atoms with Crippen molar-refractivity contribution in [3.05, 3.63) is 47.5 Å². The van der Waals surface area contributed by atoms with Gasteiger partial charge in [0.1, 0.15) is 0 Å². The summed E-state index contributed by atoms with van der Waals surface area (Å²) in [6, 6.07) is 9.76. The molecule has 1 atom stereocenters. The summed E-state index contributed by atoms with van der Waals surface area (Å²) in [5.74, 6) is -0.149. The lowest BCUT2D eigenvalue weighted by Crippen LogP contribution is -2.32. The minimum absolute atomic E-state index is 0.0139. The number of aliphatic hydroxyl groups excluding tert-OH is 1. The van der Waals surface area contributed by atoms with Crippen LogP contribution in [0, 0.1) is 5.41 Å². The highest BCUT2D eigenvalue weighted by atomic mass is 16.3. The van der Waals surface area contributed by atoms with E-state index < -0.39 is 6.10 Å². The predicted molar refractivity (Wildman–Crippen MR) is 82.4 cm³/mol. The van der Waals surface area contributed by atoms with Gasteiger partial charge in [-0.3, -0.25) is 4.79 Å². The van der Waals surface area contributed by atoms with Crippen molar-refractivity contribution in [2.24, 2.45) is 5.41 Å². The largest absolute Gasteiger partial charge is 0.391 e. The highest BCUT2D eigenvalue weighted by Gasteiger charge is 2.14. The van der Waals surface area contributed by atoms with Gasteiger partial charge in [-0.1, -0.05) is 56.7 Å². The molecule has 0 fully saturated rings. The molecule has 1 unspecified atom stereocenters. The van der Waals surface area contributed by atoms with Crippen LogP contribution in [0.3, 0.4) is 0 Å². The minimum atomic E-state index is -0.565. The van der Waals surface area contributed by atoms with Crippen molar-refractivity contribution in [2.45, 2.75) is 40.2 Å². The first-order valence-corrected chi connectivity index (χ1v) is 6.97. The van der Waals surface area contributed by atoms with Crippen LogP contribution in [0.4, 0.5) is 0 Å². The molecule has 3 nitrogen and oxygen atoms in total. The third-order valence-electron chi connectivity index (χ3n) is 3.36. The van der Waals surface area contributed by atoms with Crippen LogP contribution in [-0.2, 0) is 11.2 Å². The van der Waals surface area contributed by atoms with E-state index in [-0.39, 0.29) is 17.9 Å². The number of carbonyl (C=O) groups is 1. The van der Waals surface area contributed by atoms with E-state index >= 15 is 0 Å². The Balaban J connectivity index is 2.41. The van der Waals surface area contributed by atoms with Crippen LogP contribution in [0.1, 0.15) is 33.3 Å². The quantitative estimate of drug-likeness (QED) is 0.812. The number of amides is 1. The number of nitrogens with one attached hydrogen (secondary N) is 1. The van der Waals surface area contributed by atoms with Gasteiger partial charge in [0, 0.05) is 19.0 Å². The molecule has 0 radical (unpaired) electrons. The molecular formula is C17H25NO2. The second-order valence-corrected chi connectivity index (χ2v) is 6.17. The minimum Gasteiger partial charge on any atom is -0.391 e. The van der Waals surface area contributed by atoms with Crippen LogP contribution < -0.4 is 5.32 Å². The Morgan fingerprint density at radius 3 is 2.45 bits per heavy atom. The van der Waals surface area contributed by atoms with Crippen LogP contribution in [0.2, 0.25) is 0 Å². The molecule has 110 valence electrons. The Hall–Kier alpha value is -1.61. The third kappa shape index (κ3) is 6.02. The molecule has 0 aliphatic heterocycles. The normalized spacial score (nSPS) is 13.9. The van der Waals surface area contributed by atoms with E-state index in [0.717, 1.165) is 11.1 Å². The van der Waals surface area contributed by atoms with Crippen molar-refractivity contribution in [3.8, 4) is 0 Å². The molecule has 0 aromatic heterocycles. The van der Waals surface area contributed by atoms with Crippen molar-refractivity contribution in [1.29, 1.82) is 0 Å². The number of benzene rings is 1. The fraction of sp³-hybridized carbons (Fsp3) is 0.471. The van der Waals surface area contributed by atoms with Gasteiger partial charge in [0.15, 0.2) is 0 Å². The Morgan fingerprint density at radius 2 is 1.90 bits per heavy atom. The number of carbonyl (C=O) groups excluding carboxylic acids is 1. The van der Waals surface area contributed by atoms with Crippen LogP contribution in [0.5, 0.6) is 0 Å². The van der Waals surface area contributed by atoms with E-state index in [9.17, 15) is 9.90 Å². The average Bonchev–Trinajstić information content (AvgIpc) is 2.36. The van der Waals surface area contributed by atoms with Crippen molar-refractivity contribution in [1.82, 2.24) is 5.32 Å². The van der Waals surface area contributed by atoms with Crippen LogP contribution in [0.15, 0.2) is 42.0 Å². The lowest BCUT2D eigenvalue weighted by molar-refractivity contribution is -0.117. The number of rotatable bonds is 5. The van der Waals surface area contributed by atoms with Gasteiger partial charge in [-0.2, -0.15) is 0 Å². The van der Waals surface area contributed by atoms with Gasteiger partial charge in [0.25, 0.3) is 0 Å². The number of hydrogen-bond donors (Lipinski definition) is 2. The summed E-state index contributed by atoms with van der Waals surface area (Å²) in [5, 5.41) is 12.7. The van der Waals surface area contributed by atoms with Crippen LogP contribution in [0.25, 0.3) is 0 Å². The summed E-state index contributed by atoms with van der Waals surface area (Å²) in [7, 11) is 0. The lowest BCUT2D eigenvalue weighted by Gasteiger charge is -2.19. The summed E-state index contributed by atoms with van der Waals surface area (Å²) in [5.41, 5.74) is 2.07. The van der Waals surface area contributed by atoms with E-state index in [2.05, 4.69) is 26.1 Å². The van der Waals surface area contributed by atoms with Gasteiger partial charge in [-0.05, 0) is 17.9 Å². The van der Waals surface area contributed by atoms with Crippen molar-refractivity contribution in [3.63, 3.8) is 0 Å². The Kier molecular flexibility index (Phi) is 5.96. The summed E-state index contributed by atoms with van der Waals surface area (Å²) < 4.78 is 0. The van der Waals surface area contributed by atoms with Crippen LogP contribution in [-0.4, -0.2) is 23.7 Å². The summed E-state index contributed by atoms with van der Waals surface area (Å²) in [6.45, 7) is 8.41. The highest BCUT2D eigenvalue weighted by molar-refractivity contribution is 5.88. The maximum atomic E-state index is 11.8. The molecule has 0 aliphatic rings. The van der Waals surface area contributed by atoms with Gasteiger partial charge >= 0.3 is 0 Å².